The fraction of sp³-hybridized carbons (Fsp3) is 0.680. The largest absolute Gasteiger partial charge is 0.498 e. The highest BCUT2D eigenvalue weighted by atomic mass is 19.2. The minimum Gasteiger partial charge on any atom is -0.498 e. The predicted molar refractivity (Wildman–Crippen MR) is 117 cm³/mol. The third-order valence-electron chi connectivity index (χ3n) is 5.63. The van der Waals surface area contributed by atoms with Gasteiger partial charge in [-0.05, 0) is 49.3 Å². The van der Waals surface area contributed by atoms with Crippen LogP contribution in [0.2, 0.25) is 0 Å². The van der Waals surface area contributed by atoms with E-state index in [1.165, 1.54) is 13.5 Å². The molecule has 1 fully saturated rings. The molecule has 0 N–H and O–H groups in total. The lowest BCUT2D eigenvalue weighted by Gasteiger charge is -2.29. The Morgan fingerprint density at radius 1 is 1.00 bits per heavy atom. The molecule has 2 unspecified atom stereocenters. The normalized spacial score (nSPS) is 24.6. The van der Waals surface area contributed by atoms with Crippen LogP contribution in [0.5, 0.6) is 0 Å². The molecule has 3 nitrogen and oxygen atoms in total. The maximum absolute atomic E-state index is 14.3. The topological polar surface area (TPSA) is 27.7 Å². The number of allylic oxidation sites excluding steroid dienone is 8. The van der Waals surface area contributed by atoms with Gasteiger partial charge in [0.15, 0.2) is 11.7 Å². The standard InChI is InChI=1S/C22H30F2O3.C3H8/c1-3-4-17-8-5-15(13-26-17)14-27-18-9-6-16(7-10-18)19-11-12-20(25-2)22(24)21(19)23;1-3-2/h6,9,15,17H,3-5,7-8,10-14H2,1-2H3;3H2,1-2H3. The van der Waals surface area contributed by atoms with Gasteiger partial charge in [-0.15, -0.1) is 0 Å². The Bertz CT molecular complexity index is 668. The Kier molecular flexibility index (Phi) is 10.6. The van der Waals surface area contributed by atoms with Crippen LogP contribution in [0.1, 0.15) is 78.6 Å². The number of hydrogen-bond acceptors (Lipinski definition) is 3. The lowest BCUT2D eigenvalue weighted by Crippen LogP contribution is -2.28. The van der Waals surface area contributed by atoms with Crippen molar-refractivity contribution in [1.82, 2.24) is 0 Å². The van der Waals surface area contributed by atoms with Gasteiger partial charge >= 0.3 is 0 Å². The van der Waals surface area contributed by atoms with E-state index >= 15 is 0 Å². The highest BCUT2D eigenvalue weighted by molar-refractivity contribution is 5.45. The highest BCUT2D eigenvalue weighted by Crippen LogP contribution is 2.38. The SMILES string of the molecule is CCC.CCCC1CCC(COC2=CC=C(C3=C(F)C(F)=C(OC)CC3)CC2)CO1. The maximum Gasteiger partial charge on any atom is 0.196 e. The first-order chi connectivity index (χ1) is 14.5. The maximum atomic E-state index is 14.3. The zero-order valence-electron chi connectivity index (χ0n) is 19.1. The molecule has 0 aromatic heterocycles. The summed E-state index contributed by atoms with van der Waals surface area (Å²) in [4.78, 5) is 0. The molecule has 3 aliphatic rings. The molecule has 30 heavy (non-hydrogen) atoms. The Hall–Kier alpha value is -1.62. The minimum absolute atomic E-state index is 0.100. The van der Waals surface area contributed by atoms with Crippen LogP contribution in [0.3, 0.4) is 0 Å². The van der Waals surface area contributed by atoms with Gasteiger partial charge in [-0.1, -0.05) is 39.7 Å². The summed E-state index contributed by atoms with van der Waals surface area (Å²) in [5, 5.41) is 0. The molecule has 5 heteroatoms. The Morgan fingerprint density at radius 3 is 2.33 bits per heavy atom. The van der Waals surface area contributed by atoms with Gasteiger partial charge in [-0.2, -0.15) is 0 Å². The summed E-state index contributed by atoms with van der Waals surface area (Å²) in [7, 11) is 1.38. The molecule has 1 heterocycles. The van der Waals surface area contributed by atoms with E-state index in [4.69, 9.17) is 14.2 Å². The number of rotatable bonds is 7. The van der Waals surface area contributed by atoms with Gasteiger partial charge in [0.1, 0.15) is 5.76 Å². The number of ether oxygens (including phenoxy) is 3. The summed E-state index contributed by atoms with van der Waals surface area (Å²) < 4.78 is 45.0. The quantitative estimate of drug-likeness (QED) is 0.424. The molecule has 0 aromatic rings. The van der Waals surface area contributed by atoms with Crippen LogP contribution in [0, 0.1) is 5.92 Å². The lowest BCUT2D eigenvalue weighted by molar-refractivity contribution is -0.0379. The Labute approximate surface area is 180 Å². The van der Waals surface area contributed by atoms with Gasteiger partial charge in [0.2, 0.25) is 0 Å². The van der Waals surface area contributed by atoms with Crippen LogP contribution in [0.15, 0.2) is 46.5 Å². The molecule has 1 aliphatic heterocycles. The van der Waals surface area contributed by atoms with Crippen molar-refractivity contribution in [3.8, 4) is 0 Å². The molecular formula is C25H38F2O3. The first kappa shape index (κ1) is 24.6. The van der Waals surface area contributed by atoms with Crippen LogP contribution in [0.4, 0.5) is 8.78 Å². The van der Waals surface area contributed by atoms with E-state index in [9.17, 15) is 8.78 Å². The average Bonchev–Trinajstić information content (AvgIpc) is 2.76. The van der Waals surface area contributed by atoms with Crippen LogP contribution >= 0.6 is 0 Å². The fourth-order valence-corrected chi connectivity index (χ4v) is 3.96. The van der Waals surface area contributed by atoms with E-state index in [2.05, 4.69) is 20.8 Å². The summed E-state index contributed by atoms with van der Waals surface area (Å²) in [6, 6.07) is 0. The second-order valence-electron chi connectivity index (χ2n) is 8.26. The number of hydrogen-bond donors (Lipinski definition) is 0. The van der Waals surface area contributed by atoms with Gasteiger partial charge in [0.05, 0.1) is 32.2 Å². The van der Waals surface area contributed by atoms with E-state index in [0.717, 1.165) is 50.0 Å². The molecule has 2 aliphatic carbocycles. The summed E-state index contributed by atoms with van der Waals surface area (Å²) in [6.45, 7) is 7.87. The zero-order valence-corrected chi connectivity index (χ0v) is 19.1. The zero-order chi connectivity index (χ0) is 21.9. The van der Waals surface area contributed by atoms with Crippen LogP contribution < -0.4 is 0 Å². The molecule has 1 saturated heterocycles. The molecular weight excluding hydrogens is 386 g/mol. The van der Waals surface area contributed by atoms with Crippen molar-refractivity contribution in [2.75, 3.05) is 20.3 Å². The molecule has 2 atom stereocenters. The van der Waals surface area contributed by atoms with Gasteiger partial charge in [0.25, 0.3) is 0 Å². The average molecular weight is 425 g/mol. The van der Waals surface area contributed by atoms with E-state index in [0.29, 0.717) is 43.5 Å². The molecule has 0 amide bonds. The molecule has 3 rings (SSSR count). The van der Waals surface area contributed by atoms with Gasteiger partial charge in [0, 0.05) is 18.8 Å². The van der Waals surface area contributed by atoms with E-state index < -0.39 is 11.7 Å². The van der Waals surface area contributed by atoms with Crippen LogP contribution in [-0.4, -0.2) is 26.4 Å². The summed E-state index contributed by atoms with van der Waals surface area (Å²) in [5.41, 5.74) is 1.32. The van der Waals surface area contributed by atoms with Crippen LogP contribution in [-0.2, 0) is 14.2 Å². The highest BCUT2D eigenvalue weighted by Gasteiger charge is 2.26. The Balaban J connectivity index is 0.00000101. The lowest BCUT2D eigenvalue weighted by atomic mass is 9.89. The molecule has 0 radical (unpaired) electrons. The van der Waals surface area contributed by atoms with E-state index in [1.807, 2.05) is 12.2 Å². The van der Waals surface area contributed by atoms with Crippen molar-refractivity contribution in [3.63, 3.8) is 0 Å². The first-order valence-electron chi connectivity index (χ1n) is 11.5. The molecule has 0 aromatic carbocycles. The molecule has 0 spiro atoms. The second-order valence-corrected chi connectivity index (χ2v) is 8.26. The molecule has 0 saturated carbocycles. The van der Waals surface area contributed by atoms with Crippen LogP contribution in [0.25, 0.3) is 0 Å². The van der Waals surface area contributed by atoms with E-state index in [1.54, 1.807) is 0 Å². The second kappa shape index (κ2) is 12.9. The minimum atomic E-state index is -0.857. The molecule has 0 bridgehead atoms. The molecule has 170 valence electrons. The van der Waals surface area contributed by atoms with Gasteiger partial charge in [-0.3, -0.25) is 0 Å². The Morgan fingerprint density at radius 2 is 1.77 bits per heavy atom. The van der Waals surface area contributed by atoms with Gasteiger partial charge < -0.3 is 14.2 Å². The smallest absolute Gasteiger partial charge is 0.196 e. The summed E-state index contributed by atoms with van der Waals surface area (Å²) in [6.07, 6.45) is 12.2. The third kappa shape index (κ3) is 6.97. The van der Waals surface area contributed by atoms with Crippen molar-refractivity contribution in [1.29, 1.82) is 0 Å². The van der Waals surface area contributed by atoms with E-state index in [-0.39, 0.29) is 5.76 Å². The van der Waals surface area contributed by atoms with Crippen molar-refractivity contribution in [2.45, 2.75) is 84.7 Å². The first-order valence-corrected chi connectivity index (χ1v) is 11.5. The van der Waals surface area contributed by atoms with Gasteiger partial charge in [-0.25, -0.2) is 8.78 Å². The number of halogens is 2. The fourth-order valence-electron chi connectivity index (χ4n) is 3.96. The van der Waals surface area contributed by atoms with Crippen molar-refractivity contribution in [3.05, 3.63) is 46.5 Å². The number of methoxy groups -OCH3 is 1. The van der Waals surface area contributed by atoms with Crippen molar-refractivity contribution >= 4 is 0 Å². The van der Waals surface area contributed by atoms with Crippen molar-refractivity contribution < 1.29 is 23.0 Å². The summed E-state index contributed by atoms with van der Waals surface area (Å²) >= 11 is 0. The monoisotopic (exact) mass is 424 g/mol. The third-order valence-corrected chi connectivity index (χ3v) is 5.63. The predicted octanol–water partition coefficient (Wildman–Crippen LogP) is 7.46. The van der Waals surface area contributed by atoms with Crippen molar-refractivity contribution in [2.24, 2.45) is 5.92 Å². The summed E-state index contributed by atoms with van der Waals surface area (Å²) in [5.74, 6) is -0.176.